The Kier molecular flexibility index (Phi) is 3.24. The molecule has 0 spiro atoms. The molecule has 0 aliphatic rings. The Bertz CT molecular complexity index is 527. The molecule has 0 saturated heterocycles. The van der Waals surface area contributed by atoms with E-state index >= 15 is 0 Å². The molecular formula is C10H7ClN2O4. The van der Waals surface area contributed by atoms with Crippen LogP contribution in [-0.4, -0.2) is 9.91 Å². The fraction of sp³-hybridized carbons (Fsp3) is 0.100. The summed E-state index contributed by atoms with van der Waals surface area (Å²) in [6.07, 6.45) is 1.51. The quantitative estimate of drug-likeness (QED) is 0.476. The van der Waals surface area contributed by atoms with Gasteiger partial charge in [0.1, 0.15) is 17.5 Å². The van der Waals surface area contributed by atoms with Crippen molar-refractivity contribution >= 4 is 17.3 Å². The Balaban J connectivity index is 2.13. The summed E-state index contributed by atoms with van der Waals surface area (Å²) in [5.41, 5.74) is -0.167. The molecule has 0 unspecified atom stereocenters. The second-order valence-corrected chi connectivity index (χ2v) is 3.50. The van der Waals surface area contributed by atoms with E-state index in [1.54, 1.807) is 12.1 Å². The topological polar surface area (TPSA) is 78.4 Å². The van der Waals surface area contributed by atoms with Crippen LogP contribution in [0.15, 0.2) is 34.9 Å². The van der Waals surface area contributed by atoms with Gasteiger partial charge in [0.15, 0.2) is 0 Å². The molecule has 0 aliphatic heterocycles. The molecule has 2 heterocycles. The van der Waals surface area contributed by atoms with Crippen LogP contribution in [0.4, 0.5) is 5.69 Å². The van der Waals surface area contributed by atoms with E-state index in [-0.39, 0.29) is 23.3 Å². The van der Waals surface area contributed by atoms with Crippen molar-refractivity contribution in [2.45, 2.75) is 6.61 Å². The minimum atomic E-state index is -0.562. The Morgan fingerprint density at radius 1 is 1.53 bits per heavy atom. The third kappa shape index (κ3) is 2.94. The van der Waals surface area contributed by atoms with Crippen LogP contribution in [0.25, 0.3) is 0 Å². The fourth-order valence-electron chi connectivity index (χ4n) is 1.18. The lowest BCUT2D eigenvalue weighted by Gasteiger charge is -2.03. The average molecular weight is 255 g/mol. The smallest absolute Gasteiger partial charge is 0.277 e. The standard InChI is InChI=1S/C10H7ClN2O4/c11-9-4-7(13(14)15)5-10(12-9)17-6-8-2-1-3-16-8/h1-5H,6H2. The Morgan fingerprint density at radius 3 is 3.00 bits per heavy atom. The van der Waals surface area contributed by atoms with Crippen molar-refractivity contribution in [3.05, 3.63) is 51.6 Å². The number of nitro groups is 1. The van der Waals surface area contributed by atoms with Crippen molar-refractivity contribution in [3.63, 3.8) is 0 Å². The van der Waals surface area contributed by atoms with Gasteiger partial charge in [-0.25, -0.2) is 4.98 Å². The van der Waals surface area contributed by atoms with Gasteiger partial charge in [-0.3, -0.25) is 10.1 Å². The summed E-state index contributed by atoms with van der Waals surface area (Å²) in [4.78, 5) is 13.8. The Morgan fingerprint density at radius 2 is 2.35 bits per heavy atom. The number of nitrogens with zero attached hydrogens (tertiary/aromatic N) is 2. The first kappa shape index (κ1) is 11.4. The molecule has 0 atom stereocenters. The number of hydrogen-bond donors (Lipinski definition) is 0. The first-order valence-electron chi connectivity index (χ1n) is 4.62. The number of halogens is 1. The number of aromatic nitrogens is 1. The lowest BCUT2D eigenvalue weighted by Crippen LogP contribution is -1.97. The summed E-state index contributed by atoms with van der Waals surface area (Å²) >= 11 is 5.64. The maximum Gasteiger partial charge on any atom is 0.277 e. The number of rotatable bonds is 4. The van der Waals surface area contributed by atoms with Gasteiger partial charge in [-0.15, -0.1) is 0 Å². The van der Waals surface area contributed by atoms with Crippen molar-refractivity contribution < 1.29 is 14.1 Å². The van der Waals surface area contributed by atoms with Gasteiger partial charge in [-0.1, -0.05) is 11.6 Å². The van der Waals surface area contributed by atoms with Gasteiger partial charge in [0.2, 0.25) is 5.88 Å². The maximum atomic E-state index is 10.6. The molecule has 2 aromatic heterocycles. The minimum absolute atomic E-state index is 0.00800. The van der Waals surface area contributed by atoms with E-state index in [9.17, 15) is 10.1 Å². The number of hydrogen-bond acceptors (Lipinski definition) is 5. The molecule has 17 heavy (non-hydrogen) atoms. The van der Waals surface area contributed by atoms with Crippen LogP contribution < -0.4 is 4.74 Å². The van der Waals surface area contributed by atoms with Crippen molar-refractivity contribution in [1.82, 2.24) is 4.98 Å². The van der Waals surface area contributed by atoms with Crippen LogP contribution >= 0.6 is 11.6 Å². The first-order valence-corrected chi connectivity index (χ1v) is 5.00. The van der Waals surface area contributed by atoms with Crippen molar-refractivity contribution in [2.24, 2.45) is 0 Å². The number of furan rings is 1. The molecule has 0 bridgehead atoms. The average Bonchev–Trinajstić information content (AvgIpc) is 2.78. The first-order chi connectivity index (χ1) is 8.15. The lowest BCUT2D eigenvalue weighted by atomic mass is 10.4. The zero-order valence-electron chi connectivity index (χ0n) is 8.50. The van der Waals surface area contributed by atoms with Gasteiger partial charge in [0.05, 0.1) is 23.3 Å². The molecule has 0 saturated carbocycles. The summed E-state index contributed by atoms with van der Waals surface area (Å²) in [6, 6.07) is 5.79. The highest BCUT2D eigenvalue weighted by Crippen LogP contribution is 2.22. The predicted molar refractivity (Wildman–Crippen MR) is 58.9 cm³/mol. The van der Waals surface area contributed by atoms with Crippen LogP contribution in [0.2, 0.25) is 5.15 Å². The molecule has 88 valence electrons. The monoisotopic (exact) mass is 254 g/mol. The Labute approximate surface area is 101 Å². The minimum Gasteiger partial charge on any atom is -0.469 e. The highest BCUT2D eigenvalue weighted by Gasteiger charge is 2.11. The number of ether oxygens (including phenoxy) is 1. The van der Waals surface area contributed by atoms with E-state index in [4.69, 9.17) is 20.8 Å². The lowest BCUT2D eigenvalue weighted by molar-refractivity contribution is -0.385. The molecule has 2 aromatic rings. The fourth-order valence-corrected chi connectivity index (χ4v) is 1.37. The highest BCUT2D eigenvalue weighted by atomic mass is 35.5. The van der Waals surface area contributed by atoms with Gasteiger partial charge in [0, 0.05) is 0 Å². The molecular weight excluding hydrogens is 248 g/mol. The molecule has 7 heteroatoms. The summed E-state index contributed by atoms with van der Waals surface area (Å²) in [7, 11) is 0. The predicted octanol–water partition coefficient (Wildman–Crippen LogP) is 2.82. The summed E-state index contributed by atoms with van der Waals surface area (Å²) < 4.78 is 10.3. The largest absolute Gasteiger partial charge is 0.469 e. The second kappa shape index (κ2) is 4.84. The third-order valence-corrected chi connectivity index (χ3v) is 2.10. The van der Waals surface area contributed by atoms with Gasteiger partial charge >= 0.3 is 0 Å². The highest BCUT2D eigenvalue weighted by molar-refractivity contribution is 6.29. The normalized spacial score (nSPS) is 10.2. The summed E-state index contributed by atoms with van der Waals surface area (Å²) in [5, 5.41) is 10.6. The molecule has 0 radical (unpaired) electrons. The van der Waals surface area contributed by atoms with E-state index < -0.39 is 4.92 Å². The van der Waals surface area contributed by atoms with E-state index in [1.165, 1.54) is 12.3 Å². The number of pyridine rings is 1. The van der Waals surface area contributed by atoms with E-state index in [2.05, 4.69) is 4.98 Å². The van der Waals surface area contributed by atoms with Crippen LogP contribution in [0.3, 0.4) is 0 Å². The molecule has 0 aliphatic carbocycles. The molecule has 6 nitrogen and oxygen atoms in total. The van der Waals surface area contributed by atoms with Crippen molar-refractivity contribution in [2.75, 3.05) is 0 Å². The Hall–Kier alpha value is -2.08. The molecule has 0 N–H and O–H groups in total. The third-order valence-electron chi connectivity index (χ3n) is 1.91. The van der Waals surface area contributed by atoms with Crippen LogP contribution in [-0.2, 0) is 6.61 Å². The summed E-state index contributed by atoms with van der Waals surface area (Å²) in [6.45, 7) is 0.136. The van der Waals surface area contributed by atoms with Gasteiger partial charge in [-0.2, -0.15) is 0 Å². The molecule has 2 rings (SSSR count). The second-order valence-electron chi connectivity index (χ2n) is 3.11. The van der Waals surface area contributed by atoms with Gasteiger partial charge in [-0.05, 0) is 12.1 Å². The van der Waals surface area contributed by atoms with E-state index in [1.807, 2.05) is 0 Å². The molecule has 0 aromatic carbocycles. The van der Waals surface area contributed by atoms with Crippen LogP contribution in [0.1, 0.15) is 5.76 Å². The van der Waals surface area contributed by atoms with Crippen LogP contribution in [0, 0.1) is 10.1 Å². The molecule has 0 amide bonds. The zero-order valence-corrected chi connectivity index (χ0v) is 9.26. The maximum absolute atomic E-state index is 10.6. The van der Waals surface area contributed by atoms with Crippen molar-refractivity contribution in [3.8, 4) is 5.88 Å². The van der Waals surface area contributed by atoms with E-state index in [0.29, 0.717) is 5.76 Å². The van der Waals surface area contributed by atoms with Gasteiger partial charge in [0.25, 0.3) is 5.69 Å². The SMILES string of the molecule is O=[N+]([O-])c1cc(Cl)nc(OCc2ccco2)c1. The van der Waals surface area contributed by atoms with E-state index in [0.717, 1.165) is 6.07 Å². The van der Waals surface area contributed by atoms with Crippen molar-refractivity contribution in [1.29, 1.82) is 0 Å². The van der Waals surface area contributed by atoms with Gasteiger partial charge < -0.3 is 9.15 Å². The summed E-state index contributed by atoms with van der Waals surface area (Å²) in [5.74, 6) is 0.676. The zero-order chi connectivity index (χ0) is 12.3. The van der Waals surface area contributed by atoms with Crippen LogP contribution in [0.5, 0.6) is 5.88 Å². The molecule has 0 fully saturated rings.